The van der Waals surface area contributed by atoms with Crippen LogP contribution in [0.1, 0.15) is 33.9 Å². The molecule has 0 aromatic carbocycles. The van der Waals surface area contributed by atoms with Crippen molar-refractivity contribution < 1.29 is 18.8 Å². The van der Waals surface area contributed by atoms with Crippen molar-refractivity contribution in [1.82, 2.24) is 25.2 Å². The molecule has 154 valence electrons. The molecule has 0 radical (unpaired) electrons. The predicted octanol–water partition coefficient (Wildman–Crippen LogP) is 2.34. The number of carbonyl (C=O) groups excluding carboxylic acids is 1. The topological polar surface area (TPSA) is 103 Å². The highest BCUT2D eigenvalue weighted by molar-refractivity contribution is 5.92. The van der Waals surface area contributed by atoms with Gasteiger partial charge in [-0.1, -0.05) is 5.16 Å². The number of hydrogen-bond acceptors (Lipinski definition) is 8. The Morgan fingerprint density at radius 3 is 2.80 bits per heavy atom. The van der Waals surface area contributed by atoms with E-state index in [-0.39, 0.29) is 24.7 Å². The molecule has 0 aliphatic carbocycles. The second kappa shape index (κ2) is 7.49. The van der Waals surface area contributed by atoms with Crippen molar-refractivity contribution in [2.45, 2.75) is 39.0 Å². The van der Waals surface area contributed by atoms with E-state index in [1.54, 1.807) is 18.3 Å². The molecular weight excluding hydrogens is 386 g/mol. The van der Waals surface area contributed by atoms with Gasteiger partial charge in [-0.05, 0) is 38.5 Å². The summed E-state index contributed by atoms with van der Waals surface area (Å²) >= 11 is 0. The van der Waals surface area contributed by atoms with Crippen LogP contribution in [0.4, 0.5) is 0 Å². The summed E-state index contributed by atoms with van der Waals surface area (Å²) in [5.41, 5.74) is 3.59. The number of carbonyl (C=O) groups is 1. The minimum Gasteiger partial charge on any atom is -0.472 e. The number of aromatic nitrogens is 4. The van der Waals surface area contributed by atoms with Crippen LogP contribution in [-0.4, -0.2) is 56.4 Å². The molecule has 5 rings (SSSR count). The van der Waals surface area contributed by atoms with Crippen molar-refractivity contribution in [1.29, 1.82) is 0 Å². The highest BCUT2D eigenvalue weighted by atomic mass is 16.5. The number of nitrogens with zero attached hydrogens (tertiary/aromatic N) is 5. The van der Waals surface area contributed by atoms with E-state index in [0.29, 0.717) is 36.2 Å². The summed E-state index contributed by atoms with van der Waals surface area (Å²) in [7, 11) is 0. The maximum Gasteiger partial charge on any atom is 0.274 e. The Labute approximate surface area is 173 Å². The zero-order valence-electron chi connectivity index (χ0n) is 16.7. The summed E-state index contributed by atoms with van der Waals surface area (Å²) < 4.78 is 16.7. The van der Waals surface area contributed by atoms with E-state index < -0.39 is 0 Å². The molecule has 2 fully saturated rings. The number of likely N-dealkylation sites (tertiary alicyclic amines) is 1. The smallest absolute Gasteiger partial charge is 0.274 e. The minimum atomic E-state index is -0.117. The van der Waals surface area contributed by atoms with Gasteiger partial charge >= 0.3 is 0 Å². The monoisotopic (exact) mass is 407 g/mol. The van der Waals surface area contributed by atoms with Crippen LogP contribution in [0.15, 0.2) is 35.0 Å². The normalized spacial score (nSPS) is 20.0. The Balaban J connectivity index is 1.27. The van der Waals surface area contributed by atoms with Crippen LogP contribution in [0.3, 0.4) is 0 Å². The Morgan fingerprint density at radius 1 is 1.23 bits per heavy atom. The molecule has 2 aliphatic rings. The van der Waals surface area contributed by atoms with E-state index >= 15 is 0 Å². The predicted molar refractivity (Wildman–Crippen MR) is 105 cm³/mol. The van der Waals surface area contributed by atoms with E-state index in [2.05, 4.69) is 20.3 Å². The maximum absolute atomic E-state index is 12.7. The summed E-state index contributed by atoms with van der Waals surface area (Å²) in [5, 5.41) is 12.3. The molecule has 9 heteroatoms. The third kappa shape index (κ3) is 3.41. The summed E-state index contributed by atoms with van der Waals surface area (Å²) in [4.78, 5) is 18.8. The van der Waals surface area contributed by atoms with Crippen LogP contribution < -0.4 is 4.74 Å². The molecule has 0 spiro atoms. The van der Waals surface area contributed by atoms with Crippen LogP contribution in [-0.2, 0) is 11.3 Å². The summed E-state index contributed by atoms with van der Waals surface area (Å²) in [6, 6.07) is 7.30. The molecule has 2 bridgehead atoms. The second-order valence-corrected chi connectivity index (χ2v) is 7.60. The lowest BCUT2D eigenvalue weighted by atomic mass is 10.1. The van der Waals surface area contributed by atoms with Gasteiger partial charge in [0, 0.05) is 30.1 Å². The fraction of sp³-hybridized carbons (Fsp3) is 0.381. The van der Waals surface area contributed by atoms with Crippen molar-refractivity contribution in [3.63, 3.8) is 0 Å². The van der Waals surface area contributed by atoms with Crippen molar-refractivity contribution in [3.8, 4) is 17.1 Å². The van der Waals surface area contributed by atoms with E-state index in [0.717, 1.165) is 23.2 Å². The van der Waals surface area contributed by atoms with Gasteiger partial charge in [-0.2, -0.15) is 0 Å². The largest absolute Gasteiger partial charge is 0.472 e. The fourth-order valence-corrected chi connectivity index (χ4v) is 3.85. The molecule has 3 aromatic rings. The molecular formula is C21H21N5O4. The van der Waals surface area contributed by atoms with Gasteiger partial charge < -0.3 is 18.9 Å². The van der Waals surface area contributed by atoms with Gasteiger partial charge in [0.05, 0.1) is 24.3 Å². The van der Waals surface area contributed by atoms with Gasteiger partial charge in [-0.3, -0.25) is 9.78 Å². The van der Waals surface area contributed by atoms with Gasteiger partial charge in [0.2, 0.25) is 5.88 Å². The molecule has 2 atom stereocenters. The first-order chi connectivity index (χ1) is 14.6. The van der Waals surface area contributed by atoms with Crippen molar-refractivity contribution >= 4 is 5.91 Å². The zero-order valence-corrected chi connectivity index (χ0v) is 16.7. The Bertz CT molecular complexity index is 1060. The molecule has 9 nitrogen and oxygen atoms in total. The number of pyridine rings is 1. The number of ether oxygens (including phenoxy) is 2. The fourth-order valence-electron chi connectivity index (χ4n) is 3.85. The molecule has 2 saturated heterocycles. The molecule has 2 aliphatic heterocycles. The summed E-state index contributed by atoms with van der Waals surface area (Å²) in [5.74, 6) is 0.872. The zero-order chi connectivity index (χ0) is 20.7. The Hall–Kier alpha value is -3.33. The first-order valence-electron chi connectivity index (χ1n) is 9.86. The third-order valence-electron chi connectivity index (χ3n) is 5.55. The SMILES string of the molecule is Cc1ccc(-c2noc(C)c2COc2ccc(C(=O)N3C[C@@H]4C[C@H]3CO4)nn2)cn1. The van der Waals surface area contributed by atoms with Crippen molar-refractivity contribution in [2.75, 3.05) is 13.2 Å². The van der Waals surface area contributed by atoms with Gasteiger partial charge in [0.1, 0.15) is 18.1 Å². The average molecular weight is 407 g/mol. The van der Waals surface area contributed by atoms with E-state index in [1.807, 2.05) is 30.9 Å². The van der Waals surface area contributed by atoms with Crippen LogP contribution in [0.25, 0.3) is 11.3 Å². The van der Waals surface area contributed by atoms with Gasteiger partial charge in [0.25, 0.3) is 5.91 Å². The number of aryl methyl sites for hydroxylation is 2. The van der Waals surface area contributed by atoms with Gasteiger partial charge in [-0.25, -0.2) is 0 Å². The number of hydrogen-bond donors (Lipinski definition) is 0. The first kappa shape index (κ1) is 18.7. The molecule has 5 heterocycles. The van der Waals surface area contributed by atoms with Gasteiger partial charge in [0.15, 0.2) is 5.69 Å². The summed E-state index contributed by atoms with van der Waals surface area (Å²) in [6.45, 7) is 5.19. The molecule has 0 unspecified atom stereocenters. The highest BCUT2D eigenvalue weighted by Crippen LogP contribution is 2.29. The van der Waals surface area contributed by atoms with Crippen LogP contribution in [0.2, 0.25) is 0 Å². The number of fused-ring (bicyclic) bond motifs is 2. The van der Waals surface area contributed by atoms with Crippen molar-refractivity contribution in [3.05, 3.63) is 53.2 Å². The quantitative estimate of drug-likeness (QED) is 0.635. The van der Waals surface area contributed by atoms with Gasteiger partial charge in [-0.15, -0.1) is 10.2 Å². The highest BCUT2D eigenvalue weighted by Gasteiger charge is 2.42. The van der Waals surface area contributed by atoms with E-state index in [1.165, 1.54) is 0 Å². The maximum atomic E-state index is 12.7. The lowest BCUT2D eigenvalue weighted by molar-refractivity contribution is 0.0255. The van der Waals surface area contributed by atoms with Crippen LogP contribution in [0, 0.1) is 13.8 Å². The van der Waals surface area contributed by atoms with E-state index in [4.69, 9.17) is 14.0 Å². The van der Waals surface area contributed by atoms with Crippen LogP contribution >= 0.6 is 0 Å². The number of amides is 1. The molecule has 1 amide bonds. The lowest BCUT2D eigenvalue weighted by Crippen LogP contribution is -2.41. The summed E-state index contributed by atoms with van der Waals surface area (Å²) in [6.07, 6.45) is 2.81. The minimum absolute atomic E-state index is 0.117. The van der Waals surface area contributed by atoms with E-state index in [9.17, 15) is 4.79 Å². The molecule has 30 heavy (non-hydrogen) atoms. The standard InChI is InChI=1S/C21H21N5O4/c1-12-3-4-14(8-22-12)20-17(13(2)30-25-20)11-29-19-6-5-18(23-24-19)21(27)26-9-16-7-15(26)10-28-16/h3-6,8,15-16H,7,9-11H2,1-2H3/t15-,16-/m0/s1. The molecule has 3 aromatic heterocycles. The first-order valence-corrected chi connectivity index (χ1v) is 9.86. The third-order valence-corrected chi connectivity index (χ3v) is 5.55. The molecule has 0 saturated carbocycles. The lowest BCUT2D eigenvalue weighted by Gasteiger charge is -2.26. The Morgan fingerprint density at radius 2 is 2.13 bits per heavy atom. The number of rotatable bonds is 5. The van der Waals surface area contributed by atoms with Crippen molar-refractivity contribution in [2.24, 2.45) is 0 Å². The molecule has 0 N–H and O–H groups in total. The Kier molecular flexibility index (Phi) is 4.66. The second-order valence-electron chi connectivity index (χ2n) is 7.60. The number of morpholine rings is 1. The van der Waals surface area contributed by atoms with Crippen LogP contribution in [0.5, 0.6) is 5.88 Å². The average Bonchev–Trinajstić information content (AvgIpc) is 3.49.